The third-order valence-electron chi connectivity index (χ3n) is 30.7. The summed E-state index contributed by atoms with van der Waals surface area (Å²) in [7, 11) is 0. The number of rotatable bonds is 10. The molecule has 31 rings (SSSR count). The average Bonchev–Trinajstić information content (AvgIpc) is 1.51. The monoisotopic (exact) mass is 1910 g/mol. The fourth-order valence-electron chi connectivity index (χ4n) is 24.3. The first-order chi connectivity index (χ1) is 71.5. The van der Waals surface area contributed by atoms with Gasteiger partial charge in [0.25, 0.3) is 0 Å². The number of hydrogen-bond acceptors (Lipinski definition) is 9. The number of nitrogens with zero attached hydrogens (tertiary/aromatic N) is 9. The molecule has 3 aliphatic rings. The van der Waals surface area contributed by atoms with Crippen LogP contribution >= 0.6 is 34.0 Å². The van der Waals surface area contributed by atoms with Crippen molar-refractivity contribution in [1.29, 1.82) is 0 Å². The van der Waals surface area contributed by atoms with Crippen molar-refractivity contribution in [1.82, 2.24) is 43.6 Å². The number of hydrogen-bond donors (Lipinski definition) is 0. The summed E-state index contributed by atoms with van der Waals surface area (Å²) >= 11 is 5.73. The Morgan fingerprint density at radius 2 is 0.476 bits per heavy atom. The van der Waals surface area contributed by atoms with Crippen molar-refractivity contribution in [3.63, 3.8) is 0 Å². The summed E-state index contributed by atoms with van der Waals surface area (Å²) in [6, 6.07) is 163. The van der Waals surface area contributed by atoms with Crippen molar-refractivity contribution in [3.8, 4) is 105 Å². The van der Waals surface area contributed by atoms with E-state index in [0.29, 0.717) is 17.8 Å². The van der Waals surface area contributed by atoms with Gasteiger partial charge in [-0.1, -0.05) is 440 Å². The lowest BCUT2D eigenvalue weighted by molar-refractivity contribution is 0.667. The Kier molecular flexibility index (Phi) is 19.1. The molecule has 9 nitrogen and oxygen atoms in total. The van der Waals surface area contributed by atoms with E-state index in [1.807, 2.05) is 34.0 Å². The van der Waals surface area contributed by atoms with Crippen LogP contribution in [0.3, 0.4) is 0 Å². The Bertz CT molecular complexity index is 10200. The molecule has 0 saturated carbocycles. The second kappa shape index (κ2) is 32.8. The molecule has 0 unspecified atom stereocenters. The lowest BCUT2D eigenvalue weighted by Gasteiger charge is -2.33. The Morgan fingerprint density at radius 3 is 0.890 bits per heavy atom. The summed E-state index contributed by atoms with van der Waals surface area (Å²) in [5.74, 6) is 2.06. The van der Waals surface area contributed by atoms with Gasteiger partial charge >= 0.3 is 0 Å². The number of benzene rings is 19. The number of thiophene rings is 3. The van der Waals surface area contributed by atoms with Crippen LogP contribution in [0.2, 0.25) is 0 Å². The third-order valence-corrected chi connectivity index (χ3v) is 34.4. The quantitative estimate of drug-likeness (QED) is 0.135. The van der Waals surface area contributed by atoms with Gasteiger partial charge in [0.15, 0.2) is 0 Å². The van der Waals surface area contributed by atoms with Gasteiger partial charge in [-0.25, -0.2) is 29.9 Å². The van der Waals surface area contributed by atoms with Gasteiger partial charge in [0.1, 0.15) is 0 Å². The van der Waals surface area contributed by atoms with Gasteiger partial charge in [-0.15, -0.1) is 34.0 Å². The standard InChI is InChI=1S/C47H29N3S.2C43H29N3S/c1-4-16-30(17-5-1)42-36-24-11-14-26-39(36)48-46(49-42)50-40-27-15-12-22-33(40)34-28-29-37-41-44(51-45(37)43(34)50)35-23-10-13-25-38(35)47(41,31-18-6-2-7-19-31)32-20-8-3-9-21-32;1-43(2)34-19-11-9-18-31(34)40-37(43)32-23-22-30-29-17-10-12-20-36(29)46(39(30)41(32)47-40)42-44-35-24-21-28(26-13-5-3-6-14-26)25-33(35)38(45-42)27-15-7-4-8-16-27;1-43(2)34-17-9-6-15-31(34)40-37(43)33-25-24-30-29-14-8-11-19-36(29)46(39(30)41(33)47-40)42-44-35-18-10-7-16-32(35)38(45-42)28-22-20-27(21-23-28)26-12-4-3-5-13-26/h1-29H;2*3-25H,1-2H3. The van der Waals surface area contributed by atoms with E-state index < -0.39 is 5.41 Å². The maximum Gasteiger partial charge on any atom is 0.235 e. The van der Waals surface area contributed by atoms with E-state index in [-0.39, 0.29) is 10.8 Å². The minimum absolute atomic E-state index is 0.0762. The molecule has 0 atom stereocenters. The van der Waals surface area contributed by atoms with Crippen LogP contribution in [0, 0.1) is 0 Å². The molecule has 19 aromatic carbocycles. The molecule has 0 N–H and O–H groups in total. The lowest BCUT2D eigenvalue weighted by Crippen LogP contribution is -2.28. The largest absolute Gasteiger partial charge is 0.276 e. The smallest absolute Gasteiger partial charge is 0.235 e. The summed E-state index contributed by atoms with van der Waals surface area (Å²) in [5.41, 5.74) is 34.6. The van der Waals surface area contributed by atoms with E-state index in [1.165, 1.54) is 166 Å². The van der Waals surface area contributed by atoms with Crippen LogP contribution < -0.4 is 0 Å². The van der Waals surface area contributed by atoms with Crippen LogP contribution in [-0.4, -0.2) is 43.6 Å². The van der Waals surface area contributed by atoms with E-state index in [4.69, 9.17) is 29.9 Å². The molecule has 145 heavy (non-hydrogen) atoms. The predicted octanol–water partition coefficient (Wildman–Crippen LogP) is 35.1. The summed E-state index contributed by atoms with van der Waals surface area (Å²) in [4.78, 5) is 36.2. The minimum atomic E-state index is -0.475. The van der Waals surface area contributed by atoms with Gasteiger partial charge in [-0.3, -0.25) is 13.7 Å². The summed E-state index contributed by atoms with van der Waals surface area (Å²) in [5, 5.41) is 14.3. The molecule has 12 heteroatoms. The molecule has 9 aromatic heterocycles. The van der Waals surface area contributed by atoms with Gasteiger partial charge in [-0.2, -0.15) is 0 Å². The molecule has 682 valence electrons. The van der Waals surface area contributed by atoms with E-state index in [0.717, 1.165) is 94.1 Å². The second-order valence-corrected chi connectivity index (χ2v) is 42.3. The highest BCUT2D eigenvalue weighted by molar-refractivity contribution is 7.24. The van der Waals surface area contributed by atoms with Gasteiger partial charge < -0.3 is 0 Å². The van der Waals surface area contributed by atoms with Crippen molar-refractivity contribution in [2.45, 2.75) is 43.9 Å². The zero-order chi connectivity index (χ0) is 96.1. The molecule has 0 fully saturated rings. The molecule has 0 saturated heterocycles. The fourth-order valence-corrected chi connectivity index (χ4v) is 28.8. The molecule has 0 aliphatic heterocycles. The Hall–Kier alpha value is -17.5. The van der Waals surface area contributed by atoms with E-state index >= 15 is 0 Å². The zero-order valence-corrected chi connectivity index (χ0v) is 82.0. The van der Waals surface area contributed by atoms with Crippen molar-refractivity contribution in [2.24, 2.45) is 0 Å². The van der Waals surface area contributed by atoms with Crippen molar-refractivity contribution in [2.75, 3.05) is 0 Å². The van der Waals surface area contributed by atoms with Crippen LogP contribution in [0.1, 0.15) is 72.2 Å². The highest BCUT2D eigenvalue weighted by atomic mass is 32.1. The molecule has 3 aliphatic carbocycles. The lowest BCUT2D eigenvalue weighted by atomic mass is 9.67. The third kappa shape index (κ3) is 12.7. The van der Waals surface area contributed by atoms with Gasteiger partial charge in [0.05, 0.1) is 86.2 Å². The first-order valence-corrected chi connectivity index (χ1v) is 52.0. The first kappa shape index (κ1) is 84.4. The maximum absolute atomic E-state index is 5.44. The highest BCUT2D eigenvalue weighted by Gasteiger charge is 2.49. The van der Waals surface area contributed by atoms with Crippen LogP contribution in [-0.2, 0) is 16.2 Å². The SMILES string of the molecule is CC1(C)c2ccccc2-c2sc3c(ccc4c5ccccc5n(-c5nc(-c6ccc(-c7ccccc7)cc6)c6ccccc6n5)c43)c21.CC1(C)c2ccccc2-c2sc3c(ccc4c5ccccc5n(-c5nc(-c6ccccc6)c6cc(-c7ccccc7)ccc6n5)c43)c21.c1ccc(-c2nc(-n3c4ccccc4c4ccc5c6c(sc5c43)-c3ccccc3C6(c3ccccc3)c3ccccc3)nc3ccccc23)cc1. The Balaban J connectivity index is 0.000000103. The Morgan fingerprint density at radius 1 is 0.200 bits per heavy atom. The van der Waals surface area contributed by atoms with Crippen molar-refractivity contribution >= 4 is 162 Å². The van der Waals surface area contributed by atoms with Crippen LogP contribution in [0.15, 0.2) is 455 Å². The van der Waals surface area contributed by atoms with Crippen molar-refractivity contribution < 1.29 is 0 Å². The molecule has 0 spiro atoms. The first-order valence-electron chi connectivity index (χ1n) is 49.5. The van der Waals surface area contributed by atoms with Gasteiger partial charge in [0, 0.05) is 96.0 Å². The summed E-state index contributed by atoms with van der Waals surface area (Å²) in [6.07, 6.45) is 0. The van der Waals surface area contributed by atoms with E-state index in [9.17, 15) is 0 Å². The zero-order valence-electron chi connectivity index (χ0n) is 79.6. The van der Waals surface area contributed by atoms with Crippen molar-refractivity contribution in [3.05, 3.63) is 499 Å². The van der Waals surface area contributed by atoms with E-state index in [1.54, 1.807) is 0 Å². The molecule has 9 heterocycles. The topological polar surface area (TPSA) is 92.1 Å². The van der Waals surface area contributed by atoms with E-state index in [2.05, 4.69) is 496 Å². The van der Waals surface area contributed by atoms with Gasteiger partial charge in [0.2, 0.25) is 17.8 Å². The normalized spacial score (nSPS) is 13.4. The van der Waals surface area contributed by atoms with Gasteiger partial charge in [-0.05, 0) is 137 Å². The molecule has 0 bridgehead atoms. The fraction of sp³-hybridized carbons (Fsp3) is 0.0526. The van der Waals surface area contributed by atoms with Crippen LogP contribution in [0.5, 0.6) is 0 Å². The maximum atomic E-state index is 5.44. The Labute approximate surface area is 848 Å². The predicted molar refractivity (Wildman–Crippen MR) is 607 cm³/mol. The molecule has 28 aromatic rings. The van der Waals surface area contributed by atoms with Crippen LogP contribution in [0.4, 0.5) is 0 Å². The number of fused-ring (bicyclic) bond motifs is 30. The number of para-hydroxylation sites is 5. The van der Waals surface area contributed by atoms with Crippen LogP contribution in [0.25, 0.3) is 234 Å². The molecule has 0 radical (unpaired) electrons. The average molecular weight is 1910 g/mol. The summed E-state index contributed by atoms with van der Waals surface area (Å²) < 4.78 is 10.8. The summed E-state index contributed by atoms with van der Waals surface area (Å²) in [6.45, 7) is 9.47. The minimum Gasteiger partial charge on any atom is -0.276 e. The second-order valence-electron chi connectivity index (χ2n) is 39.3. The highest BCUT2D eigenvalue weighted by Crippen LogP contribution is 2.64. The molecular weight excluding hydrogens is 1820 g/mol. The molecule has 0 amide bonds. The molecular formula is C133H87N9S3. The number of aromatic nitrogens is 9.